The van der Waals surface area contributed by atoms with Crippen LogP contribution in [0.2, 0.25) is 0 Å². The highest BCUT2D eigenvalue weighted by Crippen LogP contribution is 2.66. The first-order chi connectivity index (χ1) is 14.8. The molecule has 2 N–H and O–H groups in total. The summed E-state index contributed by atoms with van der Waals surface area (Å²) in [4.78, 5) is 12.2. The maximum atomic E-state index is 12.2. The number of aliphatic hydroxyl groups is 1. The van der Waals surface area contributed by atoms with Gasteiger partial charge in [0.1, 0.15) is 6.61 Å². The van der Waals surface area contributed by atoms with E-state index in [9.17, 15) is 9.90 Å². The number of carbonyl (C=O) groups excluding carboxylic acids is 1. The lowest BCUT2D eigenvalue weighted by atomic mass is 9.44. The molecule has 5 aliphatic rings. The molecule has 0 aromatic heterocycles. The summed E-state index contributed by atoms with van der Waals surface area (Å²) in [7, 11) is 0. The second kappa shape index (κ2) is 7.85. The number of hydrogen-bond acceptors (Lipinski definition) is 5. The minimum absolute atomic E-state index is 0.116. The fourth-order valence-corrected chi connectivity index (χ4v) is 8.30. The lowest BCUT2D eigenvalue weighted by Gasteiger charge is -2.62. The summed E-state index contributed by atoms with van der Waals surface area (Å²) in [5.41, 5.74) is 0.538. The quantitative estimate of drug-likeness (QED) is 0.655. The van der Waals surface area contributed by atoms with Crippen LogP contribution >= 0.6 is 0 Å². The third-order valence-corrected chi connectivity index (χ3v) is 10.1. The summed E-state index contributed by atoms with van der Waals surface area (Å²) < 4.78 is 11.8. The summed E-state index contributed by atoms with van der Waals surface area (Å²) in [5, 5.41) is 15.1. The van der Waals surface area contributed by atoms with Crippen molar-refractivity contribution in [2.75, 3.05) is 13.2 Å². The van der Waals surface area contributed by atoms with Gasteiger partial charge in [0.25, 0.3) is 0 Å². The average Bonchev–Trinajstić information content (AvgIpc) is 3.34. The largest absolute Gasteiger partial charge is 0.458 e. The van der Waals surface area contributed by atoms with Gasteiger partial charge in [0.2, 0.25) is 0 Å². The van der Waals surface area contributed by atoms with Crippen molar-refractivity contribution in [2.45, 2.75) is 109 Å². The molecular formula is C26H41NO4. The third kappa shape index (κ3) is 3.50. The molecule has 2 heterocycles. The van der Waals surface area contributed by atoms with Crippen molar-refractivity contribution in [2.24, 2.45) is 22.7 Å². The Labute approximate surface area is 187 Å². The zero-order chi connectivity index (χ0) is 21.9. The molecule has 0 amide bonds. The molecule has 31 heavy (non-hydrogen) atoms. The van der Waals surface area contributed by atoms with Gasteiger partial charge in [-0.05, 0) is 75.2 Å². The number of nitrogens with one attached hydrogen (secondary N) is 1. The van der Waals surface area contributed by atoms with E-state index in [1.807, 2.05) is 6.08 Å². The summed E-state index contributed by atoms with van der Waals surface area (Å²) in [6.45, 7) is 8.35. The molecule has 4 fully saturated rings. The van der Waals surface area contributed by atoms with E-state index in [0.717, 1.165) is 44.2 Å². The second-order valence-corrected chi connectivity index (χ2v) is 11.8. The minimum atomic E-state index is -0.253. The molecule has 2 aliphatic heterocycles. The highest BCUT2D eigenvalue weighted by Gasteiger charge is 2.65. The van der Waals surface area contributed by atoms with Crippen LogP contribution in [0.15, 0.2) is 11.6 Å². The SMILES string of the molecule is C[C@]1(CNC2CCCCC2)[C@H]2CC[C@@]3(C)O[C@H](C4=CCOC4=O)C[C@H]3[C@]2(C)CC[C@H]1O. The molecular weight excluding hydrogens is 390 g/mol. The number of cyclic esters (lactones) is 1. The van der Waals surface area contributed by atoms with Crippen LogP contribution in [0, 0.1) is 22.7 Å². The van der Waals surface area contributed by atoms with Gasteiger partial charge in [-0.3, -0.25) is 0 Å². The monoisotopic (exact) mass is 431 g/mol. The normalized spacial score (nSPS) is 48.1. The van der Waals surface area contributed by atoms with Crippen LogP contribution in [-0.4, -0.2) is 48.1 Å². The zero-order valence-electron chi connectivity index (χ0n) is 19.6. The molecule has 7 atom stereocenters. The molecule has 174 valence electrons. The number of ether oxygens (including phenoxy) is 2. The van der Waals surface area contributed by atoms with Gasteiger partial charge in [0.15, 0.2) is 0 Å². The van der Waals surface area contributed by atoms with Crippen LogP contribution in [-0.2, 0) is 14.3 Å². The summed E-state index contributed by atoms with van der Waals surface area (Å²) in [5.74, 6) is 0.666. The van der Waals surface area contributed by atoms with E-state index in [4.69, 9.17) is 9.47 Å². The molecule has 1 saturated heterocycles. The summed E-state index contributed by atoms with van der Waals surface area (Å²) >= 11 is 0. The molecule has 0 bridgehead atoms. The van der Waals surface area contributed by atoms with E-state index >= 15 is 0 Å². The van der Waals surface area contributed by atoms with Crippen molar-refractivity contribution >= 4 is 5.97 Å². The highest BCUT2D eigenvalue weighted by molar-refractivity contribution is 5.91. The number of aliphatic hydroxyl groups excluding tert-OH is 1. The topological polar surface area (TPSA) is 67.8 Å². The molecule has 0 radical (unpaired) electrons. The minimum Gasteiger partial charge on any atom is -0.458 e. The molecule has 3 saturated carbocycles. The maximum Gasteiger partial charge on any atom is 0.336 e. The Bertz CT molecular complexity index is 746. The molecule has 0 aromatic carbocycles. The zero-order valence-corrected chi connectivity index (χ0v) is 19.6. The Morgan fingerprint density at radius 2 is 1.84 bits per heavy atom. The van der Waals surface area contributed by atoms with Crippen LogP contribution in [0.4, 0.5) is 0 Å². The van der Waals surface area contributed by atoms with E-state index in [2.05, 4.69) is 26.1 Å². The number of hydrogen-bond donors (Lipinski definition) is 2. The first kappa shape index (κ1) is 21.9. The van der Waals surface area contributed by atoms with E-state index in [1.54, 1.807) is 0 Å². The fourth-order valence-electron chi connectivity index (χ4n) is 8.30. The van der Waals surface area contributed by atoms with Gasteiger partial charge in [0.05, 0.1) is 23.4 Å². The molecule has 0 unspecified atom stereocenters. The van der Waals surface area contributed by atoms with Crippen molar-refractivity contribution in [3.63, 3.8) is 0 Å². The van der Waals surface area contributed by atoms with Crippen molar-refractivity contribution < 1.29 is 19.4 Å². The van der Waals surface area contributed by atoms with Crippen molar-refractivity contribution in [1.82, 2.24) is 5.32 Å². The Morgan fingerprint density at radius 1 is 1.06 bits per heavy atom. The molecule has 5 rings (SSSR count). The number of rotatable bonds is 4. The summed E-state index contributed by atoms with van der Waals surface area (Å²) in [6.07, 6.45) is 13.0. The number of fused-ring (bicyclic) bond motifs is 3. The van der Waals surface area contributed by atoms with Gasteiger partial charge >= 0.3 is 5.97 Å². The van der Waals surface area contributed by atoms with Gasteiger partial charge in [-0.25, -0.2) is 4.79 Å². The molecule has 0 aromatic rings. The molecule has 3 aliphatic carbocycles. The third-order valence-electron chi connectivity index (χ3n) is 10.1. The fraction of sp³-hybridized carbons (Fsp3) is 0.885. The van der Waals surface area contributed by atoms with Crippen molar-refractivity contribution in [3.8, 4) is 0 Å². The summed E-state index contributed by atoms with van der Waals surface area (Å²) in [6, 6.07) is 0.610. The van der Waals surface area contributed by atoms with Crippen molar-refractivity contribution in [1.29, 1.82) is 0 Å². The lowest BCUT2D eigenvalue weighted by Crippen LogP contribution is -2.62. The predicted molar refractivity (Wildman–Crippen MR) is 119 cm³/mol. The Morgan fingerprint density at radius 3 is 2.55 bits per heavy atom. The molecule has 5 nitrogen and oxygen atoms in total. The Hall–Kier alpha value is -0.910. The lowest BCUT2D eigenvalue weighted by molar-refractivity contribution is -0.186. The highest BCUT2D eigenvalue weighted by atomic mass is 16.5. The van der Waals surface area contributed by atoms with Gasteiger partial charge in [0, 0.05) is 18.0 Å². The number of esters is 1. The van der Waals surface area contributed by atoms with Gasteiger partial charge in [-0.15, -0.1) is 0 Å². The second-order valence-electron chi connectivity index (χ2n) is 11.8. The molecule has 5 heteroatoms. The smallest absolute Gasteiger partial charge is 0.336 e. The standard InChI is InChI=1S/C26H41NO4/c1-24-12-10-22(28)25(2,16-27-17-7-5-4-6-8-17)20(24)9-13-26(3)21(24)15-19(31-26)18-11-14-30-23(18)29/h11,17,19-22,27-28H,4-10,12-16H2,1-3H3/t19-,20-,21-,22+,24+,25-,26+/m0/s1. The molecule has 0 spiro atoms. The van der Waals surface area contributed by atoms with E-state index in [-0.39, 0.29) is 34.6 Å². The first-order valence-corrected chi connectivity index (χ1v) is 12.7. The van der Waals surface area contributed by atoms with E-state index in [1.165, 1.54) is 32.1 Å². The predicted octanol–water partition coefficient (Wildman–Crippen LogP) is 4.13. The number of carbonyl (C=O) groups is 1. The van der Waals surface area contributed by atoms with E-state index < -0.39 is 0 Å². The maximum absolute atomic E-state index is 12.2. The van der Waals surface area contributed by atoms with Gasteiger partial charge in [-0.2, -0.15) is 0 Å². The van der Waals surface area contributed by atoms with Crippen LogP contribution < -0.4 is 5.32 Å². The van der Waals surface area contributed by atoms with Gasteiger partial charge < -0.3 is 19.9 Å². The Balaban J connectivity index is 1.37. The van der Waals surface area contributed by atoms with Crippen LogP contribution in [0.5, 0.6) is 0 Å². The van der Waals surface area contributed by atoms with E-state index in [0.29, 0.717) is 24.5 Å². The van der Waals surface area contributed by atoms with Crippen LogP contribution in [0.25, 0.3) is 0 Å². The Kier molecular flexibility index (Phi) is 5.55. The average molecular weight is 432 g/mol. The van der Waals surface area contributed by atoms with Crippen LogP contribution in [0.3, 0.4) is 0 Å². The first-order valence-electron chi connectivity index (χ1n) is 12.7. The van der Waals surface area contributed by atoms with Crippen LogP contribution in [0.1, 0.15) is 85.0 Å². The van der Waals surface area contributed by atoms with Gasteiger partial charge in [-0.1, -0.05) is 33.1 Å². The van der Waals surface area contributed by atoms with Crippen molar-refractivity contribution in [3.05, 3.63) is 11.6 Å².